The maximum atomic E-state index is 12.8. The second-order valence-corrected chi connectivity index (χ2v) is 8.13. The molecule has 1 aromatic carbocycles. The molecule has 1 amide bonds. The Hall–Kier alpha value is -2.76. The first kappa shape index (κ1) is 19.0. The van der Waals surface area contributed by atoms with Gasteiger partial charge < -0.3 is 4.90 Å². The summed E-state index contributed by atoms with van der Waals surface area (Å²) in [5.74, 6) is -0.256. The predicted molar refractivity (Wildman–Crippen MR) is 99.0 cm³/mol. The first-order valence-electron chi connectivity index (χ1n) is 8.67. The number of carbonyl (C=O) groups is 1. The highest BCUT2D eigenvalue weighted by atomic mass is 32.2. The average molecular weight is 384 g/mol. The molecule has 0 aliphatic heterocycles. The van der Waals surface area contributed by atoms with Crippen LogP contribution in [0.2, 0.25) is 0 Å². The second kappa shape index (κ2) is 8.29. The number of nitrogens with one attached hydrogen (secondary N) is 1. The van der Waals surface area contributed by atoms with E-state index in [1.807, 2.05) is 12.1 Å². The maximum Gasteiger partial charge on any atom is 0.254 e. The molecule has 1 heterocycles. The number of hydrogen-bond donors (Lipinski definition) is 1. The van der Waals surface area contributed by atoms with Crippen LogP contribution in [0, 0.1) is 11.3 Å². The number of aromatic nitrogens is 1. The number of nitrogens with zero attached hydrogens (tertiary/aromatic N) is 3. The highest BCUT2D eigenvalue weighted by Gasteiger charge is 2.28. The smallest absolute Gasteiger partial charge is 0.254 e. The van der Waals surface area contributed by atoms with Gasteiger partial charge in [0.1, 0.15) is 0 Å². The van der Waals surface area contributed by atoms with Crippen LogP contribution >= 0.6 is 0 Å². The molecule has 0 spiro atoms. The van der Waals surface area contributed by atoms with Crippen LogP contribution in [-0.4, -0.2) is 36.8 Å². The number of hydrogen-bond acceptors (Lipinski definition) is 5. The van der Waals surface area contributed by atoms with Crippen LogP contribution < -0.4 is 4.72 Å². The molecule has 2 aromatic rings. The number of pyridine rings is 1. The first-order chi connectivity index (χ1) is 13.0. The van der Waals surface area contributed by atoms with Crippen LogP contribution in [0.15, 0.2) is 53.7 Å². The van der Waals surface area contributed by atoms with Gasteiger partial charge in [0.15, 0.2) is 0 Å². The quantitative estimate of drug-likeness (QED) is 0.750. The SMILES string of the molecule is N#CCCN(Cc1cccnc1)C(=O)c1ccc(S(=O)(=O)NC2CC2)cc1. The summed E-state index contributed by atoms with van der Waals surface area (Å²) in [6.07, 6.45) is 5.26. The Labute approximate surface area is 158 Å². The summed E-state index contributed by atoms with van der Waals surface area (Å²) in [5.41, 5.74) is 1.24. The van der Waals surface area contributed by atoms with Crippen molar-refractivity contribution < 1.29 is 13.2 Å². The van der Waals surface area contributed by atoms with Crippen molar-refractivity contribution >= 4 is 15.9 Å². The number of nitriles is 1. The minimum absolute atomic E-state index is 0.0252. The Morgan fingerprint density at radius 2 is 2.00 bits per heavy atom. The fourth-order valence-corrected chi connectivity index (χ4v) is 3.90. The minimum atomic E-state index is -3.55. The first-order valence-corrected chi connectivity index (χ1v) is 10.2. The summed E-state index contributed by atoms with van der Waals surface area (Å²) in [5, 5.41) is 8.86. The summed E-state index contributed by atoms with van der Waals surface area (Å²) in [6, 6.07) is 11.6. The van der Waals surface area contributed by atoms with Crippen molar-refractivity contribution in [3.63, 3.8) is 0 Å². The van der Waals surface area contributed by atoms with E-state index in [0.29, 0.717) is 12.1 Å². The number of benzene rings is 1. The van der Waals surface area contributed by atoms with Crippen molar-refractivity contribution in [1.82, 2.24) is 14.6 Å². The molecule has 0 bridgehead atoms. The second-order valence-electron chi connectivity index (χ2n) is 6.42. The molecule has 0 saturated heterocycles. The summed E-state index contributed by atoms with van der Waals surface area (Å²) in [4.78, 5) is 18.6. The Balaban J connectivity index is 1.75. The topological polar surface area (TPSA) is 103 Å². The van der Waals surface area contributed by atoms with Gasteiger partial charge in [0, 0.05) is 37.1 Å². The van der Waals surface area contributed by atoms with Gasteiger partial charge >= 0.3 is 0 Å². The van der Waals surface area contributed by atoms with Crippen molar-refractivity contribution in [2.75, 3.05) is 6.54 Å². The van der Waals surface area contributed by atoms with Crippen molar-refractivity contribution in [1.29, 1.82) is 5.26 Å². The monoisotopic (exact) mass is 384 g/mol. The largest absolute Gasteiger partial charge is 0.333 e. The van der Waals surface area contributed by atoms with Crippen LogP contribution in [0.4, 0.5) is 0 Å². The van der Waals surface area contributed by atoms with Crippen LogP contribution in [0.1, 0.15) is 35.2 Å². The van der Waals surface area contributed by atoms with Crippen LogP contribution in [0.5, 0.6) is 0 Å². The zero-order valence-corrected chi connectivity index (χ0v) is 15.5. The Morgan fingerprint density at radius 1 is 1.26 bits per heavy atom. The van der Waals surface area contributed by atoms with E-state index in [2.05, 4.69) is 9.71 Å². The molecule has 1 saturated carbocycles. The fourth-order valence-electron chi connectivity index (χ4n) is 2.60. The molecular formula is C19H20N4O3S. The molecule has 8 heteroatoms. The third-order valence-corrected chi connectivity index (χ3v) is 5.72. The van der Waals surface area contributed by atoms with Gasteiger partial charge in [-0.2, -0.15) is 5.26 Å². The number of amides is 1. The molecule has 140 valence electrons. The third-order valence-electron chi connectivity index (χ3n) is 4.19. The molecule has 1 N–H and O–H groups in total. The van der Waals surface area contributed by atoms with E-state index >= 15 is 0 Å². The van der Waals surface area contributed by atoms with Crippen molar-refractivity contribution in [3.05, 3.63) is 59.9 Å². The maximum absolute atomic E-state index is 12.8. The normalized spacial score (nSPS) is 13.7. The van der Waals surface area contributed by atoms with Crippen LogP contribution in [0.25, 0.3) is 0 Å². The molecule has 1 aliphatic carbocycles. The molecule has 7 nitrogen and oxygen atoms in total. The molecule has 0 unspecified atom stereocenters. The standard InChI is InChI=1S/C19H20N4O3S/c20-10-2-12-23(14-15-3-1-11-21-13-15)19(24)16-4-8-18(9-5-16)27(25,26)22-17-6-7-17/h1,3-5,8-9,11,13,17,22H,2,6-7,12,14H2. The highest BCUT2D eigenvalue weighted by Crippen LogP contribution is 2.22. The fraction of sp³-hybridized carbons (Fsp3) is 0.316. The van der Waals surface area contributed by atoms with Gasteiger partial charge in [0.05, 0.1) is 17.4 Å². The predicted octanol–water partition coefficient (Wildman–Crippen LogP) is 2.08. The lowest BCUT2D eigenvalue weighted by Gasteiger charge is -2.22. The molecule has 1 aromatic heterocycles. The van der Waals surface area contributed by atoms with Crippen LogP contribution in [0.3, 0.4) is 0 Å². The molecule has 0 radical (unpaired) electrons. The Bertz CT molecular complexity index is 933. The van der Waals surface area contributed by atoms with E-state index in [1.54, 1.807) is 23.4 Å². The van der Waals surface area contributed by atoms with Gasteiger partial charge in [0.2, 0.25) is 10.0 Å². The molecule has 27 heavy (non-hydrogen) atoms. The summed E-state index contributed by atoms with van der Waals surface area (Å²) in [7, 11) is -3.55. The zero-order chi connectivity index (χ0) is 19.3. The Kier molecular flexibility index (Phi) is 5.84. The summed E-state index contributed by atoms with van der Waals surface area (Å²) < 4.78 is 27.1. The average Bonchev–Trinajstić information content (AvgIpc) is 3.49. The molecule has 0 atom stereocenters. The number of sulfonamides is 1. The van der Waals surface area contributed by atoms with E-state index in [1.165, 1.54) is 24.3 Å². The van der Waals surface area contributed by atoms with Crippen molar-refractivity contribution in [2.45, 2.75) is 36.7 Å². The van der Waals surface area contributed by atoms with Gasteiger partial charge in [-0.3, -0.25) is 9.78 Å². The van der Waals surface area contributed by atoms with E-state index in [0.717, 1.165) is 18.4 Å². The van der Waals surface area contributed by atoms with E-state index in [9.17, 15) is 13.2 Å². The Morgan fingerprint density at radius 3 is 2.59 bits per heavy atom. The van der Waals surface area contributed by atoms with Gasteiger partial charge in [0.25, 0.3) is 5.91 Å². The van der Waals surface area contributed by atoms with E-state index in [4.69, 9.17) is 5.26 Å². The molecule has 1 fully saturated rings. The number of carbonyl (C=O) groups excluding carboxylic acids is 1. The molecule has 3 rings (SSSR count). The lowest BCUT2D eigenvalue weighted by Crippen LogP contribution is -2.31. The van der Waals surface area contributed by atoms with Gasteiger partial charge in [-0.15, -0.1) is 0 Å². The minimum Gasteiger partial charge on any atom is -0.333 e. The molecule has 1 aliphatic rings. The number of rotatable bonds is 8. The van der Waals surface area contributed by atoms with Crippen molar-refractivity contribution in [2.24, 2.45) is 0 Å². The van der Waals surface area contributed by atoms with Crippen molar-refractivity contribution in [3.8, 4) is 6.07 Å². The lowest BCUT2D eigenvalue weighted by molar-refractivity contribution is 0.0746. The van der Waals surface area contributed by atoms with Gasteiger partial charge in [-0.25, -0.2) is 13.1 Å². The van der Waals surface area contributed by atoms with Crippen LogP contribution in [-0.2, 0) is 16.6 Å². The van der Waals surface area contributed by atoms with E-state index < -0.39 is 10.0 Å². The third kappa shape index (κ3) is 5.12. The lowest BCUT2D eigenvalue weighted by atomic mass is 10.1. The molecular weight excluding hydrogens is 364 g/mol. The van der Waals surface area contributed by atoms with E-state index in [-0.39, 0.29) is 29.8 Å². The van der Waals surface area contributed by atoms with Gasteiger partial charge in [-0.1, -0.05) is 6.07 Å². The zero-order valence-electron chi connectivity index (χ0n) is 14.7. The van der Waals surface area contributed by atoms with Gasteiger partial charge in [-0.05, 0) is 48.7 Å². The summed E-state index contributed by atoms with van der Waals surface area (Å²) >= 11 is 0. The highest BCUT2D eigenvalue weighted by molar-refractivity contribution is 7.89. The summed E-state index contributed by atoms with van der Waals surface area (Å²) in [6.45, 7) is 0.616.